The molecule has 0 spiro atoms. The summed E-state index contributed by atoms with van der Waals surface area (Å²) in [5.41, 5.74) is 17.4. The second-order valence-corrected chi connectivity index (χ2v) is 7.36. The smallest absolute Gasteiger partial charge is 0.121 e. The van der Waals surface area contributed by atoms with Crippen LogP contribution in [0.4, 0.5) is 0 Å². The first kappa shape index (κ1) is 18.8. The van der Waals surface area contributed by atoms with E-state index in [1.165, 1.54) is 17.7 Å². The van der Waals surface area contributed by atoms with Gasteiger partial charge < -0.3 is 16.5 Å². The zero-order chi connectivity index (χ0) is 19.3. The minimum atomic E-state index is 0.270. The molecule has 3 aromatic rings. The molecule has 0 bridgehead atoms. The number of hydrogen-bond acceptors (Lipinski definition) is 5. The maximum atomic E-state index is 5.83. The third-order valence-electron chi connectivity index (χ3n) is 5.54. The van der Waals surface area contributed by atoms with Crippen molar-refractivity contribution in [2.24, 2.45) is 11.5 Å². The van der Waals surface area contributed by atoms with Gasteiger partial charge in [-0.15, -0.1) is 0 Å². The van der Waals surface area contributed by atoms with Crippen molar-refractivity contribution in [2.75, 3.05) is 19.6 Å². The summed E-state index contributed by atoms with van der Waals surface area (Å²) < 4.78 is 0. The third kappa shape index (κ3) is 3.99. The highest BCUT2D eigenvalue weighted by Gasteiger charge is 2.27. The highest BCUT2D eigenvalue weighted by Crippen LogP contribution is 2.33. The number of rotatable bonds is 7. The maximum absolute atomic E-state index is 5.83. The third-order valence-corrected chi connectivity index (χ3v) is 5.54. The highest BCUT2D eigenvalue weighted by molar-refractivity contribution is 5.74. The van der Waals surface area contributed by atoms with Crippen molar-refractivity contribution in [3.05, 3.63) is 71.3 Å². The van der Waals surface area contributed by atoms with E-state index in [0.717, 1.165) is 48.4 Å². The van der Waals surface area contributed by atoms with Crippen molar-refractivity contribution in [1.29, 1.82) is 0 Å². The number of para-hydroxylation sites is 2. The highest BCUT2D eigenvalue weighted by atomic mass is 15.2. The van der Waals surface area contributed by atoms with Crippen molar-refractivity contribution in [1.82, 2.24) is 19.9 Å². The Labute approximate surface area is 165 Å². The summed E-state index contributed by atoms with van der Waals surface area (Å²) in [5.74, 6) is 0.972. The van der Waals surface area contributed by atoms with Gasteiger partial charge in [-0.05, 0) is 48.6 Å². The second-order valence-electron chi connectivity index (χ2n) is 7.36. The van der Waals surface area contributed by atoms with E-state index in [1.807, 2.05) is 30.5 Å². The van der Waals surface area contributed by atoms with E-state index in [2.05, 4.69) is 28.1 Å². The molecule has 0 radical (unpaired) electrons. The zero-order valence-corrected chi connectivity index (χ0v) is 16.1. The fourth-order valence-electron chi connectivity index (χ4n) is 4.01. The molecular weight excluding hydrogens is 348 g/mol. The summed E-state index contributed by atoms with van der Waals surface area (Å²) >= 11 is 0. The van der Waals surface area contributed by atoms with Crippen LogP contribution in [-0.2, 0) is 13.0 Å². The van der Waals surface area contributed by atoms with Crippen molar-refractivity contribution in [3.8, 4) is 0 Å². The Balaban J connectivity index is 1.65. The second kappa shape index (κ2) is 8.65. The van der Waals surface area contributed by atoms with Crippen LogP contribution in [0, 0.1) is 0 Å². The van der Waals surface area contributed by atoms with Crippen LogP contribution < -0.4 is 11.5 Å². The Morgan fingerprint density at radius 3 is 2.86 bits per heavy atom. The molecule has 1 aliphatic carbocycles. The Morgan fingerprint density at radius 2 is 2.04 bits per heavy atom. The van der Waals surface area contributed by atoms with Gasteiger partial charge in [0, 0.05) is 25.8 Å². The van der Waals surface area contributed by atoms with Gasteiger partial charge in [0.25, 0.3) is 0 Å². The number of benzene rings is 1. The minimum absolute atomic E-state index is 0.270. The van der Waals surface area contributed by atoms with E-state index in [4.69, 9.17) is 21.4 Å². The lowest BCUT2D eigenvalue weighted by atomic mass is 9.90. The summed E-state index contributed by atoms with van der Waals surface area (Å²) in [6.45, 7) is 2.50. The Kier molecular flexibility index (Phi) is 5.81. The SMILES string of the molecule is NCC(=CCN(Cc1nc2ccccc2[nH]1)C1CCCc2cccnc21)CN. The maximum Gasteiger partial charge on any atom is 0.121 e. The number of nitrogens with zero attached hydrogens (tertiary/aromatic N) is 3. The van der Waals surface area contributed by atoms with Crippen LogP contribution in [0.1, 0.15) is 36.0 Å². The van der Waals surface area contributed by atoms with Gasteiger partial charge in [0.1, 0.15) is 5.82 Å². The number of aromatic nitrogens is 3. The number of aromatic amines is 1. The lowest BCUT2D eigenvalue weighted by Gasteiger charge is -2.34. The van der Waals surface area contributed by atoms with Crippen molar-refractivity contribution in [3.63, 3.8) is 0 Å². The average molecular weight is 377 g/mol. The molecule has 146 valence electrons. The Morgan fingerprint density at radius 1 is 1.18 bits per heavy atom. The molecular formula is C22H28N6. The lowest BCUT2D eigenvalue weighted by Crippen LogP contribution is -2.33. The predicted molar refractivity (Wildman–Crippen MR) is 113 cm³/mol. The van der Waals surface area contributed by atoms with Crippen molar-refractivity contribution >= 4 is 11.0 Å². The Bertz CT molecular complexity index is 921. The lowest BCUT2D eigenvalue weighted by molar-refractivity contribution is 0.181. The molecule has 28 heavy (non-hydrogen) atoms. The van der Waals surface area contributed by atoms with Gasteiger partial charge in [-0.3, -0.25) is 9.88 Å². The molecule has 0 fully saturated rings. The van der Waals surface area contributed by atoms with E-state index >= 15 is 0 Å². The molecule has 6 nitrogen and oxygen atoms in total. The van der Waals surface area contributed by atoms with Gasteiger partial charge in [0.15, 0.2) is 0 Å². The number of hydrogen-bond donors (Lipinski definition) is 3. The molecule has 1 aromatic carbocycles. The van der Waals surface area contributed by atoms with Crippen LogP contribution in [0.3, 0.4) is 0 Å². The topological polar surface area (TPSA) is 96.8 Å². The summed E-state index contributed by atoms with van der Waals surface area (Å²) in [6, 6.07) is 12.7. The monoisotopic (exact) mass is 376 g/mol. The quantitative estimate of drug-likeness (QED) is 0.551. The summed E-state index contributed by atoms with van der Waals surface area (Å²) in [6.07, 6.45) is 7.44. The van der Waals surface area contributed by atoms with E-state index in [1.54, 1.807) is 0 Å². The van der Waals surface area contributed by atoms with E-state index in [9.17, 15) is 0 Å². The molecule has 0 saturated carbocycles. The number of aryl methyl sites for hydroxylation is 1. The predicted octanol–water partition coefficient (Wildman–Crippen LogP) is 2.68. The molecule has 6 heteroatoms. The van der Waals surface area contributed by atoms with Crippen molar-refractivity contribution in [2.45, 2.75) is 31.8 Å². The molecule has 2 aromatic heterocycles. The molecule has 1 unspecified atom stereocenters. The van der Waals surface area contributed by atoms with Gasteiger partial charge >= 0.3 is 0 Å². The van der Waals surface area contributed by atoms with Crippen molar-refractivity contribution < 1.29 is 0 Å². The van der Waals surface area contributed by atoms with Crippen LogP contribution >= 0.6 is 0 Å². The van der Waals surface area contributed by atoms with Crippen LogP contribution in [0.5, 0.6) is 0 Å². The van der Waals surface area contributed by atoms with Gasteiger partial charge in [-0.25, -0.2) is 4.98 Å². The number of pyridine rings is 1. The molecule has 1 aliphatic rings. The standard InChI is InChI=1S/C22H28N6/c23-13-16(14-24)10-12-28(15-21-26-18-7-1-2-8-19(18)27-21)20-9-3-5-17-6-4-11-25-22(17)20/h1-2,4,6-8,10-11,20H,3,5,9,12-15,23-24H2,(H,26,27). The summed E-state index contributed by atoms with van der Waals surface area (Å²) in [4.78, 5) is 15.4. The molecule has 2 heterocycles. The number of fused-ring (bicyclic) bond motifs is 2. The van der Waals surface area contributed by atoms with E-state index in [-0.39, 0.29) is 6.04 Å². The van der Waals surface area contributed by atoms with Gasteiger partial charge in [-0.2, -0.15) is 0 Å². The largest absolute Gasteiger partial charge is 0.341 e. The number of nitrogens with one attached hydrogen (secondary N) is 1. The minimum Gasteiger partial charge on any atom is -0.341 e. The van der Waals surface area contributed by atoms with Crippen LogP contribution in [-0.4, -0.2) is 39.5 Å². The van der Waals surface area contributed by atoms with Crippen LogP contribution in [0.2, 0.25) is 0 Å². The first-order valence-electron chi connectivity index (χ1n) is 9.98. The zero-order valence-electron chi connectivity index (χ0n) is 16.1. The molecule has 0 saturated heterocycles. The molecule has 4 rings (SSSR count). The van der Waals surface area contributed by atoms with E-state index < -0.39 is 0 Å². The first-order chi connectivity index (χ1) is 13.8. The van der Waals surface area contributed by atoms with Gasteiger partial charge in [-0.1, -0.05) is 24.3 Å². The van der Waals surface area contributed by atoms with Crippen LogP contribution in [0.15, 0.2) is 54.2 Å². The molecule has 5 N–H and O–H groups in total. The summed E-state index contributed by atoms with van der Waals surface area (Å²) in [5, 5.41) is 0. The van der Waals surface area contributed by atoms with E-state index in [0.29, 0.717) is 13.1 Å². The molecule has 1 atom stereocenters. The first-order valence-corrected chi connectivity index (χ1v) is 9.98. The van der Waals surface area contributed by atoms with Crippen LogP contribution in [0.25, 0.3) is 11.0 Å². The summed E-state index contributed by atoms with van der Waals surface area (Å²) in [7, 11) is 0. The average Bonchev–Trinajstić information content (AvgIpc) is 3.15. The van der Waals surface area contributed by atoms with Gasteiger partial charge in [0.2, 0.25) is 0 Å². The number of H-pyrrole nitrogens is 1. The molecule has 0 aliphatic heterocycles. The fraction of sp³-hybridized carbons (Fsp3) is 0.364. The fourth-order valence-corrected chi connectivity index (χ4v) is 4.01. The number of nitrogens with two attached hydrogens (primary N) is 2. The Hall–Kier alpha value is -2.54. The molecule has 0 amide bonds. The van der Waals surface area contributed by atoms with Gasteiger partial charge in [0.05, 0.1) is 29.3 Å². The normalized spacial score (nSPS) is 16.3. The number of imidazole rings is 1.